The summed E-state index contributed by atoms with van der Waals surface area (Å²) >= 11 is 0. The lowest BCUT2D eigenvalue weighted by Gasteiger charge is -2.02. The summed E-state index contributed by atoms with van der Waals surface area (Å²) in [5.74, 6) is 0.693. The molecule has 0 heterocycles. The van der Waals surface area contributed by atoms with Gasteiger partial charge in [-0.2, -0.15) is 10.5 Å². The standard InChI is InChI=1S/C10H8N2O/c1-13-10-4-2-3-8(6-11)9(5-10)7-12/h2-4H,5H2,1H3. The maximum atomic E-state index is 8.76. The largest absolute Gasteiger partial charge is 0.501 e. The first-order valence-corrected chi connectivity index (χ1v) is 3.76. The number of hydrogen-bond acceptors (Lipinski definition) is 3. The monoisotopic (exact) mass is 172 g/mol. The molecule has 0 aromatic heterocycles. The first-order valence-electron chi connectivity index (χ1n) is 3.76. The highest BCUT2D eigenvalue weighted by atomic mass is 16.5. The van der Waals surface area contributed by atoms with Gasteiger partial charge in [0.25, 0.3) is 0 Å². The van der Waals surface area contributed by atoms with E-state index in [2.05, 4.69) is 0 Å². The van der Waals surface area contributed by atoms with Gasteiger partial charge in [0.05, 0.1) is 24.3 Å². The predicted octanol–water partition coefficient (Wildman–Crippen LogP) is 1.82. The van der Waals surface area contributed by atoms with E-state index in [9.17, 15) is 0 Å². The van der Waals surface area contributed by atoms with E-state index in [-0.39, 0.29) is 0 Å². The van der Waals surface area contributed by atoms with Crippen molar-refractivity contribution in [3.63, 3.8) is 0 Å². The van der Waals surface area contributed by atoms with Gasteiger partial charge in [0.15, 0.2) is 0 Å². The number of ether oxygens (including phenoxy) is 1. The zero-order valence-electron chi connectivity index (χ0n) is 7.24. The molecule has 0 amide bonds. The minimum absolute atomic E-state index is 0.392. The summed E-state index contributed by atoms with van der Waals surface area (Å²) in [7, 11) is 1.55. The highest BCUT2D eigenvalue weighted by Gasteiger charge is 2.09. The van der Waals surface area contributed by atoms with Gasteiger partial charge in [-0.15, -0.1) is 0 Å². The van der Waals surface area contributed by atoms with E-state index in [1.165, 1.54) is 0 Å². The van der Waals surface area contributed by atoms with Crippen molar-refractivity contribution >= 4 is 0 Å². The van der Waals surface area contributed by atoms with E-state index in [1.807, 2.05) is 12.1 Å². The smallest absolute Gasteiger partial charge is 0.101 e. The summed E-state index contributed by atoms with van der Waals surface area (Å²) < 4.78 is 5.01. The van der Waals surface area contributed by atoms with Gasteiger partial charge in [-0.1, -0.05) is 6.08 Å². The Hall–Kier alpha value is -2.00. The molecule has 3 heteroatoms. The molecule has 1 rings (SSSR count). The van der Waals surface area contributed by atoms with Crippen LogP contribution in [0.5, 0.6) is 0 Å². The predicted molar refractivity (Wildman–Crippen MR) is 47.1 cm³/mol. The molecule has 0 aliphatic heterocycles. The van der Waals surface area contributed by atoms with Crippen LogP contribution in [0.3, 0.4) is 0 Å². The Kier molecular flexibility index (Phi) is 2.89. The summed E-state index contributed by atoms with van der Waals surface area (Å²) in [5, 5.41) is 17.5. The van der Waals surface area contributed by atoms with Crippen molar-refractivity contribution in [2.75, 3.05) is 7.11 Å². The van der Waals surface area contributed by atoms with E-state index in [0.717, 1.165) is 0 Å². The van der Waals surface area contributed by atoms with Crippen LogP contribution < -0.4 is 0 Å². The lowest BCUT2D eigenvalue weighted by molar-refractivity contribution is 0.284. The van der Waals surface area contributed by atoms with Crippen LogP contribution in [-0.4, -0.2) is 7.11 Å². The fourth-order valence-corrected chi connectivity index (χ4v) is 1.03. The Morgan fingerprint density at radius 3 is 2.69 bits per heavy atom. The molecule has 0 saturated heterocycles. The van der Waals surface area contributed by atoms with Gasteiger partial charge in [0.2, 0.25) is 0 Å². The van der Waals surface area contributed by atoms with E-state index in [1.54, 1.807) is 25.3 Å². The van der Waals surface area contributed by atoms with Crippen LogP contribution in [0.2, 0.25) is 0 Å². The summed E-state index contributed by atoms with van der Waals surface area (Å²) in [4.78, 5) is 0. The minimum atomic E-state index is 0.392. The molecule has 0 unspecified atom stereocenters. The van der Waals surface area contributed by atoms with Crippen LogP contribution in [0.25, 0.3) is 0 Å². The van der Waals surface area contributed by atoms with Gasteiger partial charge in [-0.25, -0.2) is 0 Å². The van der Waals surface area contributed by atoms with E-state index in [0.29, 0.717) is 23.3 Å². The topological polar surface area (TPSA) is 56.8 Å². The second-order valence-electron chi connectivity index (χ2n) is 2.49. The third-order valence-electron chi connectivity index (χ3n) is 1.74. The zero-order valence-corrected chi connectivity index (χ0v) is 7.24. The summed E-state index contributed by atoms with van der Waals surface area (Å²) in [6.07, 6.45) is 5.47. The van der Waals surface area contributed by atoms with Gasteiger partial charge in [-0.05, 0) is 12.2 Å². The number of nitrogens with zero attached hydrogens (tertiary/aromatic N) is 2. The molecule has 3 nitrogen and oxygen atoms in total. The molecule has 0 radical (unpaired) electrons. The average molecular weight is 172 g/mol. The van der Waals surface area contributed by atoms with Crippen molar-refractivity contribution in [1.29, 1.82) is 10.5 Å². The Balaban J connectivity index is 3.06. The van der Waals surface area contributed by atoms with Crippen molar-refractivity contribution in [3.8, 4) is 12.1 Å². The van der Waals surface area contributed by atoms with Crippen LogP contribution >= 0.6 is 0 Å². The van der Waals surface area contributed by atoms with E-state index < -0.39 is 0 Å². The van der Waals surface area contributed by atoms with Crippen molar-refractivity contribution in [1.82, 2.24) is 0 Å². The lowest BCUT2D eigenvalue weighted by atomic mass is 10.1. The molecule has 0 atom stereocenters. The SMILES string of the molecule is COC1=CC=CC(C#N)=C(C#N)C1. The summed E-state index contributed by atoms with van der Waals surface area (Å²) in [6, 6.07) is 3.97. The minimum Gasteiger partial charge on any atom is -0.501 e. The molecule has 64 valence electrons. The second kappa shape index (κ2) is 4.13. The molecule has 1 aliphatic carbocycles. The van der Waals surface area contributed by atoms with Gasteiger partial charge in [0, 0.05) is 6.42 Å². The van der Waals surface area contributed by atoms with Crippen LogP contribution in [0.15, 0.2) is 35.1 Å². The number of rotatable bonds is 1. The molecule has 0 aromatic carbocycles. The highest BCUT2D eigenvalue weighted by Crippen LogP contribution is 2.18. The molecule has 13 heavy (non-hydrogen) atoms. The Labute approximate surface area is 76.8 Å². The molecule has 1 aliphatic rings. The van der Waals surface area contributed by atoms with Crippen molar-refractivity contribution in [3.05, 3.63) is 35.1 Å². The maximum Gasteiger partial charge on any atom is 0.101 e. The molecule has 0 spiro atoms. The Bertz CT molecular complexity index is 375. The van der Waals surface area contributed by atoms with E-state index >= 15 is 0 Å². The van der Waals surface area contributed by atoms with Gasteiger partial charge in [0.1, 0.15) is 11.8 Å². The summed E-state index contributed by atoms with van der Waals surface area (Å²) in [5.41, 5.74) is 0.857. The third kappa shape index (κ3) is 1.98. The first-order chi connectivity index (χ1) is 6.31. The third-order valence-corrected chi connectivity index (χ3v) is 1.74. The zero-order chi connectivity index (χ0) is 9.68. The molecular formula is C10H8N2O. The molecule has 0 fully saturated rings. The number of hydrogen-bond donors (Lipinski definition) is 0. The van der Waals surface area contributed by atoms with Gasteiger partial charge < -0.3 is 4.74 Å². The van der Waals surface area contributed by atoms with Crippen molar-refractivity contribution in [2.24, 2.45) is 0 Å². The number of nitriles is 2. The van der Waals surface area contributed by atoms with Crippen LogP contribution in [0, 0.1) is 22.7 Å². The fraction of sp³-hybridized carbons (Fsp3) is 0.200. The Morgan fingerprint density at radius 2 is 2.15 bits per heavy atom. The lowest BCUT2D eigenvalue weighted by Crippen LogP contribution is -1.90. The maximum absolute atomic E-state index is 8.76. The normalized spacial score (nSPS) is 15.5. The number of allylic oxidation sites excluding steroid dienone is 5. The Morgan fingerprint density at radius 1 is 1.38 bits per heavy atom. The molecule has 0 N–H and O–H groups in total. The second-order valence-corrected chi connectivity index (χ2v) is 2.49. The average Bonchev–Trinajstić information content (AvgIpc) is 2.38. The van der Waals surface area contributed by atoms with Crippen LogP contribution in [-0.2, 0) is 4.74 Å². The van der Waals surface area contributed by atoms with Crippen molar-refractivity contribution in [2.45, 2.75) is 6.42 Å². The van der Waals surface area contributed by atoms with E-state index in [4.69, 9.17) is 15.3 Å². The molecule has 0 saturated carbocycles. The highest BCUT2D eigenvalue weighted by molar-refractivity contribution is 5.48. The molecule has 0 aromatic rings. The molecular weight excluding hydrogens is 164 g/mol. The molecule has 0 bridgehead atoms. The van der Waals surface area contributed by atoms with Crippen LogP contribution in [0.1, 0.15) is 6.42 Å². The number of methoxy groups -OCH3 is 1. The fourth-order valence-electron chi connectivity index (χ4n) is 1.03. The van der Waals surface area contributed by atoms with Crippen LogP contribution in [0.4, 0.5) is 0 Å². The van der Waals surface area contributed by atoms with Gasteiger partial charge in [-0.3, -0.25) is 0 Å². The summed E-state index contributed by atoms with van der Waals surface area (Å²) in [6.45, 7) is 0. The van der Waals surface area contributed by atoms with Crippen molar-refractivity contribution < 1.29 is 4.74 Å². The first kappa shape index (κ1) is 9.09. The quantitative estimate of drug-likeness (QED) is 0.606. The van der Waals surface area contributed by atoms with Gasteiger partial charge >= 0.3 is 0 Å².